The third-order valence-electron chi connectivity index (χ3n) is 4.24. The molecule has 1 N–H and O–H groups in total. The van der Waals surface area contributed by atoms with E-state index >= 15 is 0 Å². The molecular formula is C17H28N2O. The normalized spacial score (nSPS) is 17.5. The number of benzene rings is 1. The molecule has 0 fully saturated rings. The standard InChI is InChI=1S/C17H28N2O/c1-4-18-16-11-10-15-14(16)8-7-9-17(15)20-13-12-19(5-2)6-3/h7-9,16,18H,4-6,10-13H2,1-3H3. The van der Waals surface area contributed by atoms with Crippen molar-refractivity contribution in [3.05, 3.63) is 29.3 Å². The Morgan fingerprint density at radius 1 is 1.25 bits per heavy atom. The van der Waals surface area contributed by atoms with E-state index in [1.165, 1.54) is 17.5 Å². The monoisotopic (exact) mass is 276 g/mol. The van der Waals surface area contributed by atoms with Gasteiger partial charge in [-0.05, 0) is 49.7 Å². The van der Waals surface area contributed by atoms with Gasteiger partial charge in [0.2, 0.25) is 0 Å². The molecule has 0 aliphatic heterocycles. The van der Waals surface area contributed by atoms with Crippen molar-refractivity contribution in [3.8, 4) is 5.75 Å². The van der Waals surface area contributed by atoms with Gasteiger partial charge in [-0.15, -0.1) is 0 Å². The second-order valence-electron chi connectivity index (χ2n) is 5.35. The minimum atomic E-state index is 0.515. The maximum absolute atomic E-state index is 6.04. The lowest BCUT2D eigenvalue weighted by atomic mass is 10.1. The number of ether oxygens (including phenoxy) is 1. The molecule has 0 spiro atoms. The Morgan fingerprint density at radius 3 is 2.75 bits per heavy atom. The molecule has 0 bridgehead atoms. The summed E-state index contributed by atoms with van der Waals surface area (Å²) in [7, 11) is 0. The number of nitrogens with zero attached hydrogens (tertiary/aromatic N) is 1. The molecule has 1 aliphatic rings. The summed E-state index contributed by atoms with van der Waals surface area (Å²) in [4.78, 5) is 2.39. The third kappa shape index (κ3) is 3.53. The van der Waals surface area contributed by atoms with E-state index in [-0.39, 0.29) is 0 Å². The molecule has 1 aromatic rings. The second-order valence-corrected chi connectivity index (χ2v) is 5.35. The molecule has 112 valence electrons. The van der Waals surface area contributed by atoms with Crippen LogP contribution in [0.15, 0.2) is 18.2 Å². The Hall–Kier alpha value is -1.06. The molecule has 0 aromatic heterocycles. The SMILES string of the molecule is CCNC1CCc2c(OCCN(CC)CC)cccc21. The lowest BCUT2D eigenvalue weighted by Crippen LogP contribution is -2.28. The maximum Gasteiger partial charge on any atom is 0.122 e. The van der Waals surface area contributed by atoms with Gasteiger partial charge in [0.1, 0.15) is 12.4 Å². The highest BCUT2D eigenvalue weighted by molar-refractivity contribution is 5.45. The van der Waals surface area contributed by atoms with Gasteiger partial charge in [-0.2, -0.15) is 0 Å². The molecule has 0 saturated carbocycles. The van der Waals surface area contributed by atoms with E-state index in [9.17, 15) is 0 Å². The van der Waals surface area contributed by atoms with Crippen molar-refractivity contribution >= 4 is 0 Å². The molecule has 20 heavy (non-hydrogen) atoms. The molecule has 1 atom stereocenters. The zero-order valence-electron chi connectivity index (χ0n) is 13.1. The van der Waals surface area contributed by atoms with Crippen molar-refractivity contribution in [1.29, 1.82) is 0 Å². The lowest BCUT2D eigenvalue weighted by molar-refractivity contribution is 0.222. The Labute approximate surface area is 123 Å². The Morgan fingerprint density at radius 2 is 2.05 bits per heavy atom. The lowest BCUT2D eigenvalue weighted by Gasteiger charge is -2.19. The van der Waals surface area contributed by atoms with E-state index in [4.69, 9.17) is 4.74 Å². The van der Waals surface area contributed by atoms with Crippen molar-refractivity contribution in [2.45, 2.75) is 39.7 Å². The first-order valence-corrected chi connectivity index (χ1v) is 8.00. The summed E-state index contributed by atoms with van der Waals surface area (Å²) in [5, 5.41) is 3.56. The largest absolute Gasteiger partial charge is 0.492 e. The molecule has 0 amide bonds. The van der Waals surface area contributed by atoms with Crippen LogP contribution in [0.25, 0.3) is 0 Å². The topological polar surface area (TPSA) is 24.5 Å². The number of likely N-dealkylation sites (N-methyl/N-ethyl adjacent to an activating group) is 1. The van der Waals surface area contributed by atoms with Gasteiger partial charge in [-0.1, -0.05) is 32.9 Å². The first-order chi connectivity index (χ1) is 9.80. The van der Waals surface area contributed by atoms with Crippen LogP contribution in [0.1, 0.15) is 44.4 Å². The van der Waals surface area contributed by atoms with E-state index < -0.39 is 0 Å². The minimum Gasteiger partial charge on any atom is -0.492 e. The fraction of sp³-hybridized carbons (Fsp3) is 0.647. The summed E-state index contributed by atoms with van der Waals surface area (Å²) in [5.74, 6) is 1.09. The van der Waals surface area contributed by atoms with E-state index in [2.05, 4.69) is 49.2 Å². The van der Waals surface area contributed by atoms with Crippen molar-refractivity contribution in [2.24, 2.45) is 0 Å². The van der Waals surface area contributed by atoms with E-state index in [1.807, 2.05) is 0 Å². The summed E-state index contributed by atoms with van der Waals surface area (Å²) in [5.41, 5.74) is 2.85. The first kappa shape index (κ1) is 15.3. The van der Waals surface area contributed by atoms with Gasteiger partial charge in [0.25, 0.3) is 0 Å². The van der Waals surface area contributed by atoms with Gasteiger partial charge in [-0.3, -0.25) is 0 Å². The zero-order valence-corrected chi connectivity index (χ0v) is 13.1. The summed E-state index contributed by atoms with van der Waals surface area (Å²) in [6.07, 6.45) is 2.33. The number of fused-ring (bicyclic) bond motifs is 1. The van der Waals surface area contributed by atoms with E-state index in [0.717, 1.165) is 45.0 Å². The molecule has 1 aromatic carbocycles. The first-order valence-electron chi connectivity index (χ1n) is 8.00. The van der Waals surface area contributed by atoms with Gasteiger partial charge in [0, 0.05) is 12.6 Å². The van der Waals surface area contributed by atoms with Crippen molar-refractivity contribution < 1.29 is 4.74 Å². The van der Waals surface area contributed by atoms with Gasteiger partial charge < -0.3 is 15.0 Å². The van der Waals surface area contributed by atoms with Gasteiger partial charge in [0.05, 0.1) is 0 Å². The molecule has 2 rings (SSSR count). The number of hydrogen-bond donors (Lipinski definition) is 1. The Kier molecular flexibility index (Phi) is 5.86. The van der Waals surface area contributed by atoms with Crippen LogP contribution < -0.4 is 10.1 Å². The van der Waals surface area contributed by atoms with Crippen LogP contribution in [0.3, 0.4) is 0 Å². The highest BCUT2D eigenvalue weighted by atomic mass is 16.5. The van der Waals surface area contributed by atoms with Crippen LogP contribution in [-0.4, -0.2) is 37.7 Å². The molecule has 1 unspecified atom stereocenters. The number of nitrogens with one attached hydrogen (secondary N) is 1. The van der Waals surface area contributed by atoms with Gasteiger partial charge >= 0.3 is 0 Å². The predicted molar refractivity (Wildman–Crippen MR) is 84.5 cm³/mol. The molecule has 1 aliphatic carbocycles. The Bertz CT molecular complexity index is 415. The van der Waals surface area contributed by atoms with Gasteiger partial charge in [-0.25, -0.2) is 0 Å². The molecule has 0 saturated heterocycles. The molecule has 0 radical (unpaired) electrons. The van der Waals surface area contributed by atoms with E-state index in [1.54, 1.807) is 0 Å². The van der Waals surface area contributed by atoms with E-state index in [0.29, 0.717) is 6.04 Å². The van der Waals surface area contributed by atoms with Crippen LogP contribution in [0.4, 0.5) is 0 Å². The smallest absolute Gasteiger partial charge is 0.122 e. The van der Waals surface area contributed by atoms with Crippen molar-refractivity contribution in [1.82, 2.24) is 10.2 Å². The average Bonchev–Trinajstić information content (AvgIpc) is 2.88. The van der Waals surface area contributed by atoms with Gasteiger partial charge in [0.15, 0.2) is 0 Å². The fourth-order valence-corrected chi connectivity index (χ4v) is 3.04. The predicted octanol–water partition coefficient (Wildman–Crippen LogP) is 3.00. The zero-order chi connectivity index (χ0) is 14.4. The van der Waals surface area contributed by atoms with Crippen LogP contribution in [0.5, 0.6) is 5.75 Å². The fourth-order valence-electron chi connectivity index (χ4n) is 3.04. The highest BCUT2D eigenvalue weighted by Gasteiger charge is 2.24. The van der Waals surface area contributed by atoms with Crippen molar-refractivity contribution in [2.75, 3.05) is 32.8 Å². The summed E-state index contributed by atoms with van der Waals surface area (Å²) in [6.45, 7) is 11.6. The van der Waals surface area contributed by atoms with Crippen LogP contribution in [0, 0.1) is 0 Å². The molecular weight excluding hydrogens is 248 g/mol. The highest BCUT2D eigenvalue weighted by Crippen LogP contribution is 2.36. The van der Waals surface area contributed by atoms with Crippen LogP contribution in [0.2, 0.25) is 0 Å². The summed E-state index contributed by atoms with van der Waals surface area (Å²) < 4.78 is 6.04. The van der Waals surface area contributed by atoms with Crippen molar-refractivity contribution in [3.63, 3.8) is 0 Å². The van der Waals surface area contributed by atoms with Crippen LogP contribution >= 0.6 is 0 Å². The average molecular weight is 276 g/mol. The van der Waals surface area contributed by atoms with Crippen LogP contribution in [-0.2, 0) is 6.42 Å². The molecule has 0 heterocycles. The Balaban J connectivity index is 1.96. The molecule has 3 nitrogen and oxygen atoms in total. The molecule has 3 heteroatoms. The summed E-state index contributed by atoms with van der Waals surface area (Å²) >= 11 is 0. The maximum atomic E-state index is 6.04. The minimum absolute atomic E-state index is 0.515. The summed E-state index contributed by atoms with van der Waals surface area (Å²) in [6, 6.07) is 7.00. The number of rotatable bonds is 8. The quantitative estimate of drug-likeness (QED) is 0.790. The second kappa shape index (κ2) is 7.65. The third-order valence-corrected chi connectivity index (χ3v) is 4.24. The number of hydrogen-bond acceptors (Lipinski definition) is 3.